The van der Waals surface area contributed by atoms with E-state index in [9.17, 15) is 4.79 Å². The number of carboxylic acid groups (broad SMARTS) is 1. The van der Waals surface area contributed by atoms with Crippen molar-refractivity contribution in [2.45, 2.75) is 31.7 Å². The van der Waals surface area contributed by atoms with Crippen LogP contribution in [0.15, 0.2) is 6.20 Å². The summed E-state index contributed by atoms with van der Waals surface area (Å²) in [5.74, 6) is -1.13. The molecular weight excluding hydrogens is 218 g/mol. The number of fused-ring (bicyclic) bond motifs is 1. The van der Waals surface area contributed by atoms with Crippen molar-refractivity contribution in [3.05, 3.63) is 23.3 Å². The number of aromatic nitrogens is 2. The lowest BCUT2D eigenvalue weighted by Gasteiger charge is -2.18. The molecule has 0 bridgehead atoms. The lowest BCUT2D eigenvalue weighted by Crippen LogP contribution is -2.28. The largest absolute Gasteiger partial charge is 0.475 e. The first-order valence-corrected chi connectivity index (χ1v) is 6.06. The summed E-state index contributed by atoms with van der Waals surface area (Å²) in [6, 6.07) is 0.760. The van der Waals surface area contributed by atoms with E-state index in [2.05, 4.69) is 14.9 Å². The van der Waals surface area contributed by atoms with Gasteiger partial charge in [0.25, 0.3) is 0 Å². The Morgan fingerprint density at radius 3 is 2.82 bits per heavy atom. The monoisotopic (exact) mass is 233 g/mol. The molecule has 1 aromatic heterocycles. The molecular formula is C12H15N3O2. The highest BCUT2D eigenvalue weighted by atomic mass is 16.4. The van der Waals surface area contributed by atoms with Gasteiger partial charge in [-0.15, -0.1) is 0 Å². The van der Waals surface area contributed by atoms with Crippen molar-refractivity contribution in [2.75, 3.05) is 13.1 Å². The summed E-state index contributed by atoms with van der Waals surface area (Å²) >= 11 is 0. The maximum atomic E-state index is 10.8. The Kier molecular flexibility index (Phi) is 2.55. The van der Waals surface area contributed by atoms with Crippen molar-refractivity contribution in [3.63, 3.8) is 0 Å². The van der Waals surface area contributed by atoms with Crippen LogP contribution >= 0.6 is 0 Å². The van der Waals surface area contributed by atoms with Crippen molar-refractivity contribution < 1.29 is 9.90 Å². The van der Waals surface area contributed by atoms with Crippen LogP contribution in [0.1, 0.15) is 34.7 Å². The molecule has 2 aliphatic rings. The maximum Gasteiger partial charge on any atom is 0.373 e. The van der Waals surface area contributed by atoms with E-state index in [1.165, 1.54) is 12.8 Å². The standard InChI is InChI=1S/C12H15N3O2/c16-12(17)11-13-7-8-3-5-15(9-1-2-9)6-4-10(8)14-11/h7,9H,1-6H2,(H,16,17). The van der Waals surface area contributed by atoms with Gasteiger partial charge in [-0.2, -0.15) is 0 Å². The van der Waals surface area contributed by atoms with Crippen LogP contribution in [-0.4, -0.2) is 45.1 Å². The zero-order chi connectivity index (χ0) is 11.8. The molecule has 2 heterocycles. The molecule has 0 saturated heterocycles. The van der Waals surface area contributed by atoms with Crippen LogP contribution in [0.3, 0.4) is 0 Å². The molecule has 1 aliphatic heterocycles. The summed E-state index contributed by atoms with van der Waals surface area (Å²) in [6.45, 7) is 2.04. The molecule has 0 atom stereocenters. The van der Waals surface area contributed by atoms with E-state index in [0.29, 0.717) is 0 Å². The average Bonchev–Trinajstić information content (AvgIpc) is 3.13. The fraction of sp³-hybridized carbons (Fsp3) is 0.583. The molecule has 1 aromatic rings. The molecule has 0 spiro atoms. The van der Waals surface area contributed by atoms with Gasteiger partial charge in [-0.3, -0.25) is 4.90 Å². The van der Waals surface area contributed by atoms with Crippen LogP contribution in [0.2, 0.25) is 0 Å². The van der Waals surface area contributed by atoms with Gasteiger partial charge >= 0.3 is 5.97 Å². The highest BCUT2D eigenvalue weighted by Gasteiger charge is 2.30. The number of hydrogen-bond acceptors (Lipinski definition) is 4. The molecule has 0 amide bonds. The first-order valence-electron chi connectivity index (χ1n) is 6.06. The van der Waals surface area contributed by atoms with Gasteiger partial charge in [0.2, 0.25) is 5.82 Å². The van der Waals surface area contributed by atoms with E-state index in [4.69, 9.17) is 5.11 Å². The third-order valence-corrected chi connectivity index (χ3v) is 3.51. The molecule has 0 aromatic carbocycles. The minimum atomic E-state index is -1.05. The minimum absolute atomic E-state index is 0.0800. The van der Waals surface area contributed by atoms with Gasteiger partial charge in [0.15, 0.2) is 0 Å². The summed E-state index contributed by atoms with van der Waals surface area (Å²) in [5, 5.41) is 8.87. The molecule has 90 valence electrons. The van der Waals surface area contributed by atoms with Gasteiger partial charge in [0, 0.05) is 37.4 Å². The predicted octanol–water partition coefficient (Wildman–Crippen LogP) is 0.738. The summed E-state index contributed by atoms with van der Waals surface area (Å²) in [7, 11) is 0. The van der Waals surface area contributed by atoms with Crippen LogP contribution in [-0.2, 0) is 12.8 Å². The lowest BCUT2D eigenvalue weighted by molar-refractivity contribution is 0.0683. The Balaban J connectivity index is 1.82. The van der Waals surface area contributed by atoms with Crippen LogP contribution in [0.25, 0.3) is 0 Å². The van der Waals surface area contributed by atoms with Crippen LogP contribution in [0.5, 0.6) is 0 Å². The minimum Gasteiger partial charge on any atom is -0.475 e. The van der Waals surface area contributed by atoms with Crippen molar-refractivity contribution in [3.8, 4) is 0 Å². The smallest absolute Gasteiger partial charge is 0.373 e. The Hall–Kier alpha value is -1.49. The second kappa shape index (κ2) is 4.07. The quantitative estimate of drug-likeness (QED) is 0.816. The molecule has 1 saturated carbocycles. The highest BCUT2D eigenvalue weighted by Crippen LogP contribution is 2.28. The van der Waals surface area contributed by atoms with Crippen LogP contribution in [0.4, 0.5) is 0 Å². The Morgan fingerprint density at radius 1 is 1.35 bits per heavy atom. The SMILES string of the molecule is O=C(O)c1ncc2c(n1)CCN(C1CC1)CC2. The van der Waals surface area contributed by atoms with Gasteiger partial charge in [-0.05, 0) is 24.8 Å². The average molecular weight is 233 g/mol. The summed E-state index contributed by atoms with van der Waals surface area (Å²) in [5.41, 5.74) is 2.03. The van der Waals surface area contributed by atoms with E-state index in [-0.39, 0.29) is 5.82 Å². The molecule has 1 aliphatic carbocycles. The maximum absolute atomic E-state index is 10.8. The van der Waals surface area contributed by atoms with Crippen LogP contribution in [0, 0.1) is 0 Å². The second-order valence-corrected chi connectivity index (χ2v) is 4.74. The third kappa shape index (κ3) is 2.15. The van der Waals surface area contributed by atoms with Gasteiger partial charge in [-0.25, -0.2) is 14.8 Å². The van der Waals surface area contributed by atoms with Gasteiger partial charge in [0.1, 0.15) is 0 Å². The number of aromatic carboxylic acids is 1. The number of nitrogens with zero attached hydrogens (tertiary/aromatic N) is 3. The number of rotatable bonds is 2. The summed E-state index contributed by atoms with van der Waals surface area (Å²) < 4.78 is 0. The summed E-state index contributed by atoms with van der Waals surface area (Å²) in [4.78, 5) is 21.3. The molecule has 17 heavy (non-hydrogen) atoms. The van der Waals surface area contributed by atoms with Crippen molar-refractivity contribution in [2.24, 2.45) is 0 Å². The molecule has 3 rings (SSSR count). The fourth-order valence-corrected chi connectivity index (χ4v) is 2.40. The molecule has 5 heteroatoms. The second-order valence-electron chi connectivity index (χ2n) is 4.74. The lowest BCUT2D eigenvalue weighted by atomic mass is 10.1. The molecule has 1 fully saturated rings. The number of carbonyl (C=O) groups is 1. The molecule has 0 radical (unpaired) electrons. The van der Waals surface area contributed by atoms with E-state index < -0.39 is 5.97 Å². The highest BCUT2D eigenvalue weighted by molar-refractivity contribution is 5.83. The normalized spacial score (nSPS) is 20.7. The Labute approximate surface area is 99.5 Å². The first kappa shape index (κ1) is 10.7. The van der Waals surface area contributed by atoms with Crippen molar-refractivity contribution in [1.82, 2.24) is 14.9 Å². The Morgan fingerprint density at radius 2 is 2.12 bits per heavy atom. The first-order chi connectivity index (χ1) is 8.24. The van der Waals surface area contributed by atoms with E-state index >= 15 is 0 Å². The van der Waals surface area contributed by atoms with Crippen molar-refractivity contribution >= 4 is 5.97 Å². The summed E-state index contributed by atoms with van der Waals surface area (Å²) in [6.07, 6.45) is 6.08. The topological polar surface area (TPSA) is 66.3 Å². The zero-order valence-corrected chi connectivity index (χ0v) is 9.59. The van der Waals surface area contributed by atoms with E-state index in [1.54, 1.807) is 6.20 Å². The van der Waals surface area contributed by atoms with Crippen LogP contribution < -0.4 is 0 Å². The molecule has 1 N–H and O–H groups in total. The van der Waals surface area contributed by atoms with Gasteiger partial charge in [-0.1, -0.05) is 0 Å². The van der Waals surface area contributed by atoms with E-state index in [1.807, 2.05) is 0 Å². The van der Waals surface area contributed by atoms with Gasteiger partial charge in [0.05, 0.1) is 0 Å². The predicted molar refractivity (Wildman–Crippen MR) is 61.0 cm³/mol. The number of carboxylic acids is 1. The molecule has 5 nitrogen and oxygen atoms in total. The van der Waals surface area contributed by atoms with E-state index in [0.717, 1.165) is 43.2 Å². The Bertz CT molecular complexity index is 457. The van der Waals surface area contributed by atoms with Gasteiger partial charge < -0.3 is 5.11 Å². The fourth-order valence-electron chi connectivity index (χ4n) is 2.40. The molecule has 0 unspecified atom stereocenters. The van der Waals surface area contributed by atoms with Crippen molar-refractivity contribution in [1.29, 1.82) is 0 Å². The third-order valence-electron chi connectivity index (χ3n) is 3.51. The zero-order valence-electron chi connectivity index (χ0n) is 9.59. The number of hydrogen-bond donors (Lipinski definition) is 1.